The van der Waals surface area contributed by atoms with Gasteiger partial charge in [0.15, 0.2) is 0 Å². The first kappa shape index (κ1) is 23.3. The maximum atomic E-state index is 14.0. The van der Waals surface area contributed by atoms with E-state index in [0.717, 1.165) is 23.1 Å². The van der Waals surface area contributed by atoms with Crippen LogP contribution in [0, 0.1) is 5.41 Å². The van der Waals surface area contributed by atoms with Gasteiger partial charge in [-0.3, -0.25) is 4.79 Å². The van der Waals surface area contributed by atoms with Gasteiger partial charge in [-0.15, -0.1) is 0 Å². The van der Waals surface area contributed by atoms with Crippen molar-refractivity contribution in [3.63, 3.8) is 0 Å². The van der Waals surface area contributed by atoms with E-state index < -0.39 is 28.4 Å². The number of fused-ring (bicyclic) bond motifs is 7. The van der Waals surface area contributed by atoms with Gasteiger partial charge in [-0.25, -0.2) is 19.6 Å². The highest BCUT2D eigenvalue weighted by Gasteiger charge is 2.74. The van der Waals surface area contributed by atoms with E-state index in [1.54, 1.807) is 19.1 Å². The van der Waals surface area contributed by atoms with Gasteiger partial charge in [-0.1, -0.05) is 32.9 Å². The Hall–Kier alpha value is -4.07. The normalized spacial score (nSPS) is 23.2. The Kier molecular flexibility index (Phi) is 4.86. The lowest BCUT2D eigenvalue weighted by atomic mass is 9.64. The van der Waals surface area contributed by atoms with Crippen LogP contribution in [0.25, 0.3) is 22.0 Å². The number of carbonyl (C=O) groups excluding carboxylic acids is 2. The fourth-order valence-corrected chi connectivity index (χ4v) is 6.20. The zero-order valence-corrected chi connectivity index (χ0v) is 21.1. The van der Waals surface area contributed by atoms with Crippen LogP contribution in [-0.4, -0.2) is 28.5 Å². The molecule has 1 saturated carbocycles. The van der Waals surface area contributed by atoms with Gasteiger partial charge < -0.3 is 13.9 Å². The molecule has 2 unspecified atom stereocenters. The lowest BCUT2D eigenvalue weighted by molar-refractivity contribution is -0.145. The summed E-state index contributed by atoms with van der Waals surface area (Å²) in [5, 5.41) is 0.512. The lowest BCUT2D eigenvalue weighted by Gasteiger charge is -2.38. The second-order valence-electron chi connectivity index (χ2n) is 10.5. The summed E-state index contributed by atoms with van der Waals surface area (Å²) in [6.07, 6.45) is 1.39. The molecule has 188 valence electrons. The van der Waals surface area contributed by atoms with Gasteiger partial charge in [-0.05, 0) is 55.5 Å². The summed E-state index contributed by atoms with van der Waals surface area (Å²) >= 11 is 0. The molecule has 0 aliphatic heterocycles. The minimum atomic E-state index is -0.975. The van der Waals surface area contributed by atoms with Crippen LogP contribution in [0.1, 0.15) is 62.3 Å². The van der Waals surface area contributed by atoms with Crippen LogP contribution in [-0.2, 0) is 20.4 Å². The molecule has 4 aromatic rings. The number of benzene rings is 2. The van der Waals surface area contributed by atoms with Crippen LogP contribution >= 0.6 is 0 Å². The largest absolute Gasteiger partial charge is 0.462 e. The van der Waals surface area contributed by atoms with Crippen LogP contribution < -0.4 is 10.4 Å². The highest BCUT2D eigenvalue weighted by molar-refractivity contribution is 5.94. The van der Waals surface area contributed by atoms with Crippen molar-refractivity contribution < 1.29 is 23.5 Å². The number of para-hydroxylation sites is 2. The highest BCUT2D eigenvalue weighted by atomic mass is 16.5. The molecule has 2 bridgehead atoms. The van der Waals surface area contributed by atoms with Gasteiger partial charge >= 0.3 is 17.6 Å². The molecule has 2 aliphatic carbocycles. The number of rotatable bonds is 4. The Morgan fingerprint density at radius 1 is 0.973 bits per heavy atom. The Balaban J connectivity index is 1.41. The van der Waals surface area contributed by atoms with Crippen molar-refractivity contribution in [3.8, 4) is 5.75 Å². The Morgan fingerprint density at radius 2 is 1.68 bits per heavy atom. The van der Waals surface area contributed by atoms with Crippen molar-refractivity contribution in [1.82, 2.24) is 9.97 Å². The molecule has 0 N–H and O–H groups in total. The number of hydrogen-bond acceptors (Lipinski definition) is 8. The minimum Gasteiger partial charge on any atom is -0.462 e. The van der Waals surface area contributed by atoms with E-state index in [1.165, 1.54) is 12.1 Å². The van der Waals surface area contributed by atoms with Crippen LogP contribution in [0.15, 0.2) is 57.7 Å². The number of hydrogen-bond donors (Lipinski definition) is 0. The lowest BCUT2D eigenvalue weighted by Crippen LogP contribution is -2.48. The molecule has 0 spiro atoms. The second-order valence-corrected chi connectivity index (χ2v) is 10.5. The number of ether oxygens (including phenoxy) is 2. The van der Waals surface area contributed by atoms with Crippen LogP contribution in [0.3, 0.4) is 0 Å². The Labute approximate surface area is 212 Å². The summed E-state index contributed by atoms with van der Waals surface area (Å²) in [5.41, 5.74) is 0.493. The first-order valence-electron chi connectivity index (χ1n) is 12.4. The number of nitrogens with zero attached hydrogens (tertiary/aromatic N) is 2. The van der Waals surface area contributed by atoms with E-state index in [0.29, 0.717) is 17.5 Å². The Morgan fingerprint density at radius 3 is 2.38 bits per heavy atom. The summed E-state index contributed by atoms with van der Waals surface area (Å²) in [6, 6.07) is 13.8. The average molecular weight is 499 g/mol. The maximum absolute atomic E-state index is 14.0. The number of carbonyl (C=O) groups is 2. The van der Waals surface area contributed by atoms with Crippen molar-refractivity contribution in [2.75, 3.05) is 6.61 Å². The molecule has 1 fully saturated rings. The molecule has 2 heterocycles. The zero-order valence-electron chi connectivity index (χ0n) is 21.1. The molecule has 2 atom stereocenters. The molecule has 2 aliphatic rings. The van der Waals surface area contributed by atoms with E-state index >= 15 is 0 Å². The zero-order chi connectivity index (χ0) is 26.2. The molecule has 8 nitrogen and oxygen atoms in total. The standard InChI is InChI=1S/C29H26N2O6/c1-5-35-24(32)18-14-16-10-11-17(15-21(16)37-25(18)33)36-26(34)29-13-12-28(4,27(29,2)3)22-23(29)31-20-9-7-6-8-19(20)30-22/h6-11,14-15H,5,12-13H2,1-4H3. The maximum Gasteiger partial charge on any atom is 0.351 e. The smallest absolute Gasteiger partial charge is 0.351 e. The minimum absolute atomic E-state index is 0.144. The molecule has 37 heavy (non-hydrogen) atoms. The van der Waals surface area contributed by atoms with Crippen LogP contribution in [0.5, 0.6) is 5.75 Å². The molecule has 0 amide bonds. The van der Waals surface area contributed by atoms with Crippen molar-refractivity contribution in [1.29, 1.82) is 0 Å². The van der Waals surface area contributed by atoms with Crippen molar-refractivity contribution in [3.05, 3.63) is 75.9 Å². The SMILES string of the molecule is CCOC(=O)c1cc2ccc(OC(=O)C34CCC(C)(c5nc6ccccc6nc53)C4(C)C)cc2oc1=O. The van der Waals surface area contributed by atoms with Gasteiger partial charge in [0, 0.05) is 16.9 Å². The van der Waals surface area contributed by atoms with E-state index in [-0.39, 0.29) is 28.9 Å². The molecule has 2 aromatic carbocycles. The third-order valence-corrected chi connectivity index (χ3v) is 8.71. The summed E-state index contributed by atoms with van der Waals surface area (Å²) in [6.45, 7) is 8.14. The van der Waals surface area contributed by atoms with Crippen molar-refractivity contribution in [2.24, 2.45) is 5.41 Å². The summed E-state index contributed by atoms with van der Waals surface area (Å²) in [4.78, 5) is 48.4. The predicted octanol–water partition coefficient (Wildman–Crippen LogP) is 4.85. The first-order valence-corrected chi connectivity index (χ1v) is 12.4. The van der Waals surface area contributed by atoms with Crippen LogP contribution in [0.2, 0.25) is 0 Å². The third-order valence-electron chi connectivity index (χ3n) is 8.71. The topological polar surface area (TPSA) is 109 Å². The summed E-state index contributed by atoms with van der Waals surface area (Å²) in [7, 11) is 0. The fourth-order valence-electron chi connectivity index (χ4n) is 6.20. The molecular weight excluding hydrogens is 472 g/mol. The van der Waals surface area contributed by atoms with Gasteiger partial charge in [-0.2, -0.15) is 0 Å². The first-order chi connectivity index (χ1) is 17.6. The third kappa shape index (κ3) is 2.98. The van der Waals surface area contributed by atoms with Gasteiger partial charge in [0.05, 0.1) is 29.0 Å². The van der Waals surface area contributed by atoms with Crippen LogP contribution in [0.4, 0.5) is 0 Å². The summed E-state index contributed by atoms with van der Waals surface area (Å²) in [5.74, 6) is -0.910. The molecular formula is C29H26N2O6. The average Bonchev–Trinajstić information content (AvgIpc) is 3.17. The van der Waals surface area contributed by atoms with Crippen molar-refractivity contribution >= 4 is 33.9 Å². The molecule has 2 aromatic heterocycles. The van der Waals surface area contributed by atoms with Crippen molar-refractivity contribution in [2.45, 2.75) is 51.4 Å². The number of aromatic nitrogens is 2. The second kappa shape index (κ2) is 7.71. The molecule has 0 radical (unpaired) electrons. The van der Waals surface area contributed by atoms with E-state index in [2.05, 4.69) is 20.8 Å². The Bertz CT molecular complexity index is 1690. The van der Waals surface area contributed by atoms with Gasteiger partial charge in [0.1, 0.15) is 22.3 Å². The molecule has 8 heteroatoms. The fraction of sp³-hybridized carbons (Fsp3) is 0.345. The van der Waals surface area contributed by atoms with E-state index in [9.17, 15) is 14.4 Å². The van der Waals surface area contributed by atoms with Gasteiger partial charge in [0.25, 0.3) is 0 Å². The monoisotopic (exact) mass is 498 g/mol. The van der Waals surface area contributed by atoms with E-state index in [4.69, 9.17) is 23.9 Å². The molecule has 0 saturated heterocycles. The predicted molar refractivity (Wildman–Crippen MR) is 136 cm³/mol. The molecule has 6 rings (SSSR count). The number of esters is 2. The van der Waals surface area contributed by atoms with Gasteiger partial charge in [0.2, 0.25) is 0 Å². The quantitative estimate of drug-likeness (QED) is 0.223. The van der Waals surface area contributed by atoms with E-state index in [1.807, 2.05) is 24.3 Å². The summed E-state index contributed by atoms with van der Waals surface area (Å²) < 4.78 is 16.3. The highest BCUT2D eigenvalue weighted by Crippen LogP contribution is 2.70.